The molecule has 2 aromatic rings. The van der Waals surface area contributed by atoms with Crippen molar-refractivity contribution in [2.24, 2.45) is 22.7 Å². The van der Waals surface area contributed by atoms with Crippen molar-refractivity contribution in [2.75, 3.05) is 26.2 Å². The number of carbonyl (C=O) groups excluding carboxylic acids is 2. The summed E-state index contributed by atoms with van der Waals surface area (Å²) in [5, 5.41) is 3.16. The maximum Gasteiger partial charge on any atom is 0.222 e. The summed E-state index contributed by atoms with van der Waals surface area (Å²) < 4.78 is 0. The highest BCUT2D eigenvalue weighted by Gasteiger charge is 2.60. The predicted octanol–water partition coefficient (Wildman–Crippen LogP) is 5.46. The second kappa shape index (κ2) is 14.6. The first-order valence-corrected chi connectivity index (χ1v) is 15.3. The lowest BCUT2D eigenvalue weighted by atomic mass is 10.1. The Morgan fingerprint density at radius 2 is 1.54 bits per heavy atom. The molecule has 4 atom stereocenters. The third-order valence-electron chi connectivity index (χ3n) is 8.24. The van der Waals surface area contributed by atoms with Crippen LogP contribution in [0.15, 0.2) is 48.8 Å². The third-order valence-corrected chi connectivity index (χ3v) is 8.43. The molecule has 216 valence electrons. The SMILES string of the molecule is C(#CC12CNCC1C2)c1ccccn1.CCCCC(=O)Cl.CCCCC(=O)N1CC2CC2(C#Cc2ccccn2)C1. The van der Waals surface area contributed by atoms with E-state index in [-0.39, 0.29) is 10.7 Å². The molecule has 2 aromatic heterocycles. The molecular formula is C34H41ClN4O2. The van der Waals surface area contributed by atoms with Crippen LogP contribution in [0.25, 0.3) is 0 Å². The summed E-state index contributed by atoms with van der Waals surface area (Å²) in [6.45, 7) is 8.09. The highest BCUT2D eigenvalue weighted by molar-refractivity contribution is 6.63. The molecule has 4 fully saturated rings. The average Bonchev–Trinajstić information content (AvgIpc) is 3.78. The number of carbonyl (C=O) groups is 2. The number of hydrogen-bond acceptors (Lipinski definition) is 5. The molecule has 0 aromatic carbocycles. The van der Waals surface area contributed by atoms with Gasteiger partial charge in [0.15, 0.2) is 0 Å². The van der Waals surface area contributed by atoms with Gasteiger partial charge in [-0.1, -0.05) is 50.7 Å². The molecule has 2 aliphatic carbocycles. The first-order valence-electron chi connectivity index (χ1n) is 14.9. The fourth-order valence-corrected chi connectivity index (χ4v) is 5.58. The van der Waals surface area contributed by atoms with Gasteiger partial charge in [-0.3, -0.25) is 9.59 Å². The Balaban J connectivity index is 0.000000160. The number of pyridine rings is 2. The topological polar surface area (TPSA) is 75.2 Å². The largest absolute Gasteiger partial charge is 0.341 e. The summed E-state index contributed by atoms with van der Waals surface area (Å²) in [6, 6.07) is 11.6. The maximum absolute atomic E-state index is 12.1. The lowest BCUT2D eigenvalue weighted by Gasteiger charge is -2.18. The fraction of sp³-hybridized carbons (Fsp3) is 0.529. The molecule has 0 spiro atoms. The van der Waals surface area contributed by atoms with Crippen molar-refractivity contribution in [1.82, 2.24) is 20.2 Å². The number of piperidine rings is 2. The van der Waals surface area contributed by atoms with Crippen molar-refractivity contribution in [2.45, 2.75) is 65.2 Å². The minimum atomic E-state index is -0.221. The van der Waals surface area contributed by atoms with Gasteiger partial charge in [-0.25, -0.2) is 9.97 Å². The normalized spacial score (nSPS) is 25.8. The molecule has 4 aliphatic rings. The smallest absolute Gasteiger partial charge is 0.222 e. The summed E-state index contributed by atoms with van der Waals surface area (Å²) in [7, 11) is 0. The van der Waals surface area contributed by atoms with E-state index in [2.05, 4.69) is 45.9 Å². The van der Waals surface area contributed by atoms with E-state index in [1.165, 1.54) is 6.42 Å². The van der Waals surface area contributed by atoms with E-state index in [1.807, 2.05) is 48.2 Å². The lowest BCUT2D eigenvalue weighted by Crippen LogP contribution is -2.31. The Morgan fingerprint density at radius 1 is 0.927 bits per heavy atom. The Bertz CT molecular complexity index is 1300. The lowest BCUT2D eigenvalue weighted by molar-refractivity contribution is -0.130. The van der Waals surface area contributed by atoms with Gasteiger partial charge in [0, 0.05) is 50.3 Å². The van der Waals surface area contributed by atoms with Gasteiger partial charge in [0.25, 0.3) is 0 Å². The van der Waals surface area contributed by atoms with Gasteiger partial charge in [-0.15, -0.1) is 0 Å². The van der Waals surface area contributed by atoms with Crippen LogP contribution in [0.2, 0.25) is 0 Å². The first-order chi connectivity index (χ1) is 19.9. The third kappa shape index (κ3) is 8.90. The molecule has 41 heavy (non-hydrogen) atoms. The van der Waals surface area contributed by atoms with Crippen LogP contribution in [0.4, 0.5) is 0 Å². The van der Waals surface area contributed by atoms with E-state index >= 15 is 0 Å². The Morgan fingerprint density at radius 3 is 2.02 bits per heavy atom. The number of rotatable bonds is 6. The van der Waals surface area contributed by atoms with E-state index in [0.717, 1.165) is 75.6 Å². The molecule has 2 saturated heterocycles. The number of amides is 1. The zero-order chi connectivity index (χ0) is 29.1. The molecule has 2 aliphatic heterocycles. The molecule has 1 N–H and O–H groups in total. The minimum absolute atomic E-state index is 0.0688. The number of fused-ring (bicyclic) bond motifs is 2. The highest BCUT2D eigenvalue weighted by atomic mass is 35.5. The monoisotopic (exact) mass is 572 g/mol. The molecule has 6 rings (SSSR count). The summed E-state index contributed by atoms with van der Waals surface area (Å²) in [5.41, 5.74) is 2.08. The van der Waals surface area contributed by atoms with Crippen LogP contribution in [0.5, 0.6) is 0 Å². The molecule has 4 unspecified atom stereocenters. The van der Waals surface area contributed by atoms with Crippen LogP contribution >= 0.6 is 11.6 Å². The van der Waals surface area contributed by atoms with Crippen molar-refractivity contribution in [3.05, 3.63) is 60.2 Å². The van der Waals surface area contributed by atoms with Crippen molar-refractivity contribution in [3.63, 3.8) is 0 Å². The van der Waals surface area contributed by atoms with E-state index in [1.54, 1.807) is 12.4 Å². The van der Waals surface area contributed by atoms with Crippen LogP contribution in [0.3, 0.4) is 0 Å². The quantitative estimate of drug-likeness (QED) is 0.368. The summed E-state index contributed by atoms with van der Waals surface area (Å²) in [4.78, 5) is 32.5. The standard InChI is InChI=1S/C17H20N2O.C12H12N2.C5H9ClO/c1-2-3-7-16(20)19-12-14-11-17(14,13-19)9-8-15-6-4-5-10-18-15;1-2-6-14-11(3-1)4-5-12-7-10(12)8-13-9-12;1-2-3-4-5(6)7/h4-6,10,14H,2-3,7,11-13H2,1H3;1-3,6,10,13H,7-9H2;2-4H2,1H3. The number of hydrogen-bond donors (Lipinski definition) is 1. The van der Waals surface area contributed by atoms with E-state index in [9.17, 15) is 9.59 Å². The van der Waals surface area contributed by atoms with Crippen molar-refractivity contribution in [1.29, 1.82) is 0 Å². The van der Waals surface area contributed by atoms with Crippen molar-refractivity contribution < 1.29 is 9.59 Å². The summed E-state index contributed by atoms with van der Waals surface area (Å²) in [6.07, 6.45) is 11.2. The molecule has 1 amide bonds. The van der Waals surface area contributed by atoms with Crippen LogP contribution in [-0.2, 0) is 9.59 Å². The number of likely N-dealkylation sites (tertiary alicyclic amines) is 1. The number of unbranched alkanes of at least 4 members (excludes halogenated alkanes) is 2. The van der Waals surface area contributed by atoms with Crippen molar-refractivity contribution in [3.8, 4) is 23.7 Å². The molecular weight excluding hydrogens is 532 g/mol. The van der Waals surface area contributed by atoms with Gasteiger partial charge in [-0.05, 0) is 91.8 Å². The Labute approximate surface area is 250 Å². The van der Waals surface area contributed by atoms with Gasteiger partial charge in [-0.2, -0.15) is 0 Å². The fourth-order valence-electron chi connectivity index (χ4n) is 5.45. The highest BCUT2D eigenvalue weighted by Crippen LogP contribution is 2.57. The molecule has 4 heterocycles. The van der Waals surface area contributed by atoms with Crippen LogP contribution in [0.1, 0.15) is 76.6 Å². The van der Waals surface area contributed by atoms with E-state index < -0.39 is 0 Å². The first kappa shape index (κ1) is 30.8. The van der Waals surface area contributed by atoms with Gasteiger partial charge >= 0.3 is 0 Å². The van der Waals surface area contributed by atoms with Crippen molar-refractivity contribution >= 4 is 22.8 Å². The van der Waals surface area contributed by atoms with E-state index in [0.29, 0.717) is 30.1 Å². The Hall–Kier alpha value is -3.19. The summed E-state index contributed by atoms with van der Waals surface area (Å²) in [5.74, 6) is 14.8. The van der Waals surface area contributed by atoms with Gasteiger partial charge in [0.2, 0.25) is 11.1 Å². The zero-order valence-electron chi connectivity index (χ0n) is 24.3. The second-order valence-corrected chi connectivity index (χ2v) is 11.9. The molecule has 0 radical (unpaired) electrons. The Kier molecular flexibility index (Phi) is 11.0. The predicted molar refractivity (Wildman–Crippen MR) is 163 cm³/mol. The van der Waals surface area contributed by atoms with Gasteiger partial charge < -0.3 is 10.2 Å². The molecule has 7 heteroatoms. The van der Waals surface area contributed by atoms with Crippen LogP contribution in [-0.4, -0.2) is 52.2 Å². The molecule has 0 bridgehead atoms. The van der Waals surface area contributed by atoms with E-state index in [4.69, 9.17) is 11.6 Å². The number of halogens is 1. The second-order valence-electron chi connectivity index (χ2n) is 11.5. The maximum atomic E-state index is 12.1. The van der Waals surface area contributed by atoms with Crippen LogP contribution in [0, 0.1) is 46.3 Å². The molecule has 6 nitrogen and oxygen atoms in total. The minimum Gasteiger partial charge on any atom is -0.341 e. The average molecular weight is 573 g/mol. The van der Waals surface area contributed by atoms with Gasteiger partial charge in [0.1, 0.15) is 11.4 Å². The van der Waals surface area contributed by atoms with Crippen LogP contribution < -0.4 is 5.32 Å². The molecule has 2 saturated carbocycles. The number of aromatic nitrogens is 2. The zero-order valence-corrected chi connectivity index (χ0v) is 25.1. The van der Waals surface area contributed by atoms with Gasteiger partial charge in [0.05, 0.1) is 5.41 Å². The summed E-state index contributed by atoms with van der Waals surface area (Å²) >= 11 is 5.02. The number of nitrogens with zero attached hydrogens (tertiary/aromatic N) is 3. The number of nitrogens with one attached hydrogen (secondary N) is 1.